The van der Waals surface area contributed by atoms with Crippen molar-refractivity contribution in [2.75, 3.05) is 0 Å². The van der Waals surface area contributed by atoms with Gasteiger partial charge < -0.3 is 0 Å². The van der Waals surface area contributed by atoms with E-state index in [9.17, 15) is 0 Å². The van der Waals surface area contributed by atoms with Gasteiger partial charge in [0, 0.05) is 23.0 Å². The molecule has 0 saturated carbocycles. The van der Waals surface area contributed by atoms with Crippen molar-refractivity contribution < 1.29 is 0 Å². The van der Waals surface area contributed by atoms with Gasteiger partial charge in [-0.1, -0.05) is 15.9 Å². The maximum Gasteiger partial charge on any atom is 0.0696 e. The zero-order valence-electron chi connectivity index (χ0n) is 7.05. The molecule has 0 spiro atoms. The van der Waals surface area contributed by atoms with E-state index in [1.807, 2.05) is 6.07 Å². The number of hydrogen-bond acceptors (Lipinski definition) is 2. The SMILES string of the molecule is N#CCc1cc2c(Br)ccc(I)c2s1. The molecule has 0 aliphatic carbocycles. The number of nitrogens with zero attached hydrogens (tertiary/aromatic N) is 1. The van der Waals surface area contributed by atoms with Gasteiger partial charge in [0.15, 0.2) is 0 Å². The second-order valence-electron chi connectivity index (χ2n) is 2.82. The van der Waals surface area contributed by atoms with Crippen molar-refractivity contribution in [2.45, 2.75) is 6.42 Å². The largest absolute Gasteiger partial charge is 0.198 e. The molecule has 14 heavy (non-hydrogen) atoms. The Bertz CT molecular complexity index is 488. The first-order chi connectivity index (χ1) is 6.72. The summed E-state index contributed by atoms with van der Waals surface area (Å²) in [6.07, 6.45) is 0.502. The van der Waals surface area contributed by atoms with Crippen molar-refractivity contribution in [3.8, 4) is 6.07 Å². The lowest BCUT2D eigenvalue weighted by molar-refractivity contribution is 1.32. The molecule has 0 amide bonds. The first-order valence-corrected chi connectivity index (χ1v) is 6.64. The first kappa shape index (κ1) is 10.4. The van der Waals surface area contributed by atoms with E-state index < -0.39 is 0 Å². The molecule has 0 unspecified atom stereocenters. The Labute approximate surface area is 108 Å². The van der Waals surface area contributed by atoms with E-state index in [0.29, 0.717) is 6.42 Å². The fourth-order valence-electron chi connectivity index (χ4n) is 1.27. The quantitative estimate of drug-likeness (QED) is 0.678. The van der Waals surface area contributed by atoms with Crippen LogP contribution >= 0.6 is 49.9 Å². The first-order valence-electron chi connectivity index (χ1n) is 3.95. The fraction of sp³-hybridized carbons (Fsp3) is 0.100. The van der Waals surface area contributed by atoms with Gasteiger partial charge in [-0.3, -0.25) is 0 Å². The van der Waals surface area contributed by atoms with Crippen LogP contribution in [0.5, 0.6) is 0 Å². The van der Waals surface area contributed by atoms with Gasteiger partial charge in [-0.05, 0) is 40.8 Å². The lowest BCUT2D eigenvalue weighted by Crippen LogP contribution is -1.71. The highest BCUT2D eigenvalue weighted by molar-refractivity contribution is 14.1. The van der Waals surface area contributed by atoms with Gasteiger partial charge in [0.05, 0.1) is 12.5 Å². The molecule has 1 nitrogen and oxygen atoms in total. The molecule has 1 aromatic carbocycles. The number of fused-ring (bicyclic) bond motifs is 1. The van der Waals surface area contributed by atoms with Crippen LogP contribution in [-0.2, 0) is 6.42 Å². The summed E-state index contributed by atoms with van der Waals surface area (Å²) in [5.74, 6) is 0. The van der Waals surface area contributed by atoms with Crippen LogP contribution in [0.4, 0.5) is 0 Å². The van der Waals surface area contributed by atoms with Crippen LogP contribution in [-0.4, -0.2) is 0 Å². The van der Waals surface area contributed by atoms with E-state index in [2.05, 4.69) is 56.7 Å². The van der Waals surface area contributed by atoms with Crippen LogP contribution in [0.3, 0.4) is 0 Å². The van der Waals surface area contributed by atoms with E-state index in [1.165, 1.54) is 13.7 Å². The van der Waals surface area contributed by atoms with Gasteiger partial charge in [0.2, 0.25) is 0 Å². The smallest absolute Gasteiger partial charge is 0.0696 e. The zero-order valence-corrected chi connectivity index (χ0v) is 11.6. The number of benzene rings is 1. The molecule has 2 rings (SSSR count). The van der Waals surface area contributed by atoms with E-state index >= 15 is 0 Å². The predicted molar refractivity (Wildman–Crippen MR) is 71.6 cm³/mol. The second kappa shape index (κ2) is 4.17. The molecule has 0 aliphatic heterocycles. The average Bonchev–Trinajstić information content (AvgIpc) is 2.57. The minimum atomic E-state index is 0.502. The summed E-state index contributed by atoms with van der Waals surface area (Å²) in [4.78, 5) is 1.13. The molecule has 1 aromatic heterocycles. The summed E-state index contributed by atoms with van der Waals surface area (Å²) < 4.78 is 3.62. The molecule has 0 saturated heterocycles. The van der Waals surface area contributed by atoms with Crippen LogP contribution in [0.2, 0.25) is 0 Å². The fourth-order valence-corrected chi connectivity index (χ4v) is 3.67. The highest BCUT2D eigenvalue weighted by Crippen LogP contribution is 2.34. The van der Waals surface area contributed by atoms with Gasteiger partial charge in [-0.25, -0.2) is 0 Å². The third kappa shape index (κ3) is 1.81. The Morgan fingerprint density at radius 3 is 2.93 bits per heavy atom. The maximum atomic E-state index is 8.63. The Kier molecular flexibility index (Phi) is 3.10. The second-order valence-corrected chi connectivity index (χ2v) is 5.97. The summed E-state index contributed by atoms with van der Waals surface area (Å²) in [5, 5.41) is 9.84. The summed E-state index contributed by atoms with van der Waals surface area (Å²) in [5.41, 5.74) is 0. The lowest BCUT2D eigenvalue weighted by Gasteiger charge is -1.95. The topological polar surface area (TPSA) is 23.8 Å². The van der Waals surface area contributed by atoms with E-state index in [0.717, 1.165) is 9.35 Å². The summed E-state index contributed by atoms with van der Waals surface area (Å²) in [6, 6.07) is 8.40. The van der Waals surface area contributed by atoms with E-state index in [1.54, 1.807) is 11.3 Å². The number of nitriles is 1. The van der Waals surface area contributed by atoms with Crippen LogP contribution in [0.15, 0.2) is 22.7 Å². The minimum absolute atomic E-state index is 0.502. The third-order valence-corrected chi connectivity index (χ3v) is 5.01. The normalized spacial score (nSPS) is 10.4. The highest BCUT2D eigenvalue weighted by Gasteiger charge is 2.07. The van der Waals surface area contributed by atoms with Crippen molar-refractivity contribution in [1.29, 1.82) is 5.26 Å². The van der Waals surface area contributed by atoms with Gasteiger partial charge in [0.25, 0.3) is 0 Å². The van der Waals surface area contributed by atoms with Gasteiger partial charge in [-0.2, -0.15) is 5.26 Å². The molecule has 0 N–H and O–H groups in total. The van der Waals surface area contributed by atoms with Crippen molar-refractivity contribution in [1.82, 2.24) is 0 Å². The number of hydrogen-bond donors (Lipinski definition) is 0. The molecule has 2 aromatic rings. The molecule has 0 atom stereocenters. The molecular formula is C10H5BrINS. The van der Waals surface area contributed by atoms with Gasteiger partial charge in [0.1, 0.15) is 0 Å². The van der Waals surface area contributed by atoms with Gasteiger partial charge in [-0.15, -0.1) is 11.3 Å². The molecule has 0 fully saturated rings. The molecule has 1 heterocycles. The van der Waals surface area contributed by atoms with Crippen molar-refractivity contribution in [2.24, 2.45) is 0 Å². The molecule has 70 valence electrons. The highest BCUT2D eigenvalue weighted by atomic mass is 127. The van der Waals surface area contributed by atoms with Crippen LogP contribution in [0.25, 0.3) is 10.1 Å². The van der Waals surface area contributed by atoms with Crippen LogP contribution in [0, 0.1) is 14.9 Å². The molecule has 0 bridgehead atoms. The molecule has 0 radical (unpaired) electrons. The third-order valence-electron chi connectivity index (χ3n) is 1.89. The van der Waals surface area contributed by atoms with Gasteiger partial charge >= 0.3 is 0 Å². The Balaban J connectivity index is 2.70. The lowest BCUT2D eigenvalue weighted by atomic mass is 10.2. The minimum Gasteiger partial charge on any atom is -0.198 e. The molecule has 4 heteroatoms. The van der Waals surface area contributed by atoms with E-state index in [-0.39, 0.29) is 0 Å². The Morgan fingerprint density at radius 1 is 1.50 bits per heavy atom. The maximum absolute atomic E-state index is 8.63. The zero-order chi connectivity index (χ0) is 10.1. The monoisotopic (exact) mass is 377 g/mol. The standard InChI is InChI=1S/C10H5BrINS/c11-8-1-2-9(12)10-7(8)5-6(14-10)3-4-13/h1-2,5H,3H2. The van der Waals surface area contributed by atoms with Crippen LogP contribution in [0.1, 0.15) is 4.88 Å². The summed E-state index contributed by atoms with van der Waals surface area (Å²) in [7, 11) is 0. The summed E-state index contributed by atoms with van der Waals surface area (Å²) >= 11 is 7.54. The average molecular weight is 378 g/mol. The van der Waals surface area contributed by atoms with Crippen molar-refractivity contribution in [3.63, 3.8) is 0 Å². The summed E-state index contributed by atoms with van der Waals surface area (Å²) in [6.45, 7) is 0. The number of thiophene rings is 1. The Morgan fingerprint density at radius 2 is 2.29 bits per heavy atom. The number of halogens is 2. The van der Waals surface area contributed by atoms with Crippen molar-refractivity contribution >= 4 is 59.9 Å². The molecule has 0 aliphatic rings. The van der Waals surface area contributed by atoms with E-state index in [4.69, 9.17) is 5.26 Å². The number of rotatable bonds is 1. The molecular weight excluding hydrogens is 373 g/mol. The predicted octanol–water partition coefficient (Wildman–Crippen LogP) is 4.33. The van der Waals surface area contributed by atoms with Crippen LogP contribution < -0.4 is 0 Å². The van der Waals surface area contributed by atoms with Crippen molar-refractivity contribution in [3.05, 3.63) is 31.1 Å². The Hall–Kier alpha value is -0.120.